The first kappa shape index (κ1) is 21.8. The predicted molar refractivity (Wildman–Crippen MR) is 119 cm³/mol. The van der Waals surface area contributed by atoms with Crippen molar-refractivity contribution in [2.45, 2.75) is 45.9 Å². The van der Waals surface area contributed by atoms with Gasteiger partial charge in [0.15, 0.2) is 0 Å². The van der Waals surface area contributed by atoms with Crippen molar-refractivity contribution in [3.8, 4) is 5.69 Å². The average Bonchev–Trinajstić information content (AvgIpc) is 3.10. The Morgan fingerprint density at radius 1 is 1.22 bits per heavy atom. The number of nitrogens with zero attached hydrogens (tertiary/aromatic N) is 5. The fraction of sp³-hybridized carbons (Fsp3) is 0.455. The first-order valence-corrected chi connectivity index (χ1v) is 10.6. The molecule has 1 aliphatic rings. The Labute approximate surface area is 185 Å². The largest absolute Gasteiger partial charge is 0.444 e. The molecule has 170 valence electrons. The molecule has 4 rings (SSSR count). The Morgan fingerprint density at radius 3 is 2.69 bits per heavy atom. The van der Waals surface area contributed by atoms with Gasteiger partial charge in [-0.2, -0.15) is 5.10 Å². The minimum atomic E-state index is -0.514. The molecule has 0 spiro atoms. The van der Waals surface area contributed by atoms with Gasteiger partial charge in [0.2, 0.25) is 0 Å². The molecule has 1 aliphatic heterocycles. The van der Waals surface area contributed by atoms with Gasteiger partial charge in [0.25, 0.3) is 5.56 Å². The number of rotatable bonds is 3. The van der Waals surface area contributed by atoms with Crippen molar-refractivity contribution in [1.82, 2.24) is 29.0 Å². The fourth-order valence-corrected chi connectivity index (χ4v) is 3.93. The quantitative estimate of drug-likeness (QED) is 0.664. The van der Waals surface area contributed by atoms with Gasteiger partial charge in [0.05, 0.1) is 17.4 Å². The number of hydrogen-bond acceptors (Lipinski definition) is 6. The summed E-state index contributed by atoms with van der Waals surface area (Å²) in [5.41, 5.74) is 0.955. The summed E-state index contributed by atoms with van der Waals surface area (Å²) in [7, 11) is 0. The minimum absolute atomic E-state index is 0.0348. The van der Waals surface area contributed by atoms with E-state index in [1.165, 1.54) is 16.8 Å². The van der Waals surface area contributed by atoms with E-state index in [1.807, 2.05) is 46.0 Å². The number of fused-ring (bicyclic) bond motifs is 1. The second-order valence-electron chi connectivity index (χ2n) is 9.13. The summed E-state index contributed by atoms with van der Waals surface area (Å²) in [5, 5.41) is 4.31. The molecule has 3 aromatic rings. The zero-order valence-corrected chi connectivity index (χ0v) is 18.7. The molecule has 1 saturated heterocycles. The maximum absolute atomic E-state index is 12.5. The number of aromatic amines is 1. The van der Waals surface area contributed by atoms with Crippen LogP contribution in [-0.4, -0.2) is 66.3 Å². The Hall–Kier alpha value is -3.40. The van der Waals surface area contributed by atoms with Gasteiger partial charge in [-0.15, -0.1) is 0 Å². The molecular weight excluding hydrogens is 412 g/mol. The zero-order valence-electron chi connectivity index (χ0n) is 18.7. The highest BCUT2D eigenvalue weighted by molar-refractivity contribution is 5.68. The summed E-state index contributed by atoms with van der Waals surface area (Å²) in [4.78, 5) is 42.4. The maximum atomic E-state index is 12.5. The fourth-order valence-electron chi connectivity index (χ4n) is 3.93. The molecule has 1 N–H and O–H groups in total. The van der Waals surface area contributed by atoms with E-state index in [1.54, 1.807) is 15.6 Å². The van der Waals surface area contributed by atoms with Crippen LogP contribution in [0.5, 0.6) is 0 Å². The highest BCUT2D eigenvalue weighted by Gasteiger charge is 2.30. The first-order chi connectivity index (χ1) is 15.1. The van der Waals surface area contributed by atoms with Crippen molar-refractivity contribution < 1.29 is 9.53 Å². The van der Waals surface area contributed by atoms with Crippen LogP contribution in [0.1, 0.15) is 33.3 Å². The van der Waals surface area contributed by atoms with Crippen molar-refractivity contribution in [3.05, 3.63) is 63.2 Å². The van der Waals surface area contributed by atoms with E-state index >= 15 is 0 Å². The summed E-state index contributed by atoms with van der Waals surface area (Å²) in [6, 6.07) is 5.32. The molecular formula is C22H28N6O4. The van der Waals surface area contributed by atoms with E-state index in [2.05, 4.69) is 15.0 Å². The zero-order chi connectivity index (χ0) is 23.0. The molecule has 0 aromatic carbocycles. The first-order valence-electron chi connectivity index (χ1n) is 10.6. The number of carbonyl (C=O) groups excluding carboxylic acids is 1. The highest BCUT2D eigenvalue weighted by Crippen LogP contribution is 2.20. The van der Waals surface area contributed by atoms with Gasteiger partial charge in [0, 0.05) is 50.7 Å². The average molecular weight is 441 g/mol. The summed E-state index contributed by atoms with van der Waals surface area (Å²) >= 11 is 0. The standard InChI is InChI=1S/C22H28N6O4/c1-15-13-25(9-10-26(15)21(31)32-22(2,3)4)14-16-5-8-28-17(11-16)18(12-23-28)27-7-6-19(29)24-20(27)30/h5-8,11-12,15H,9-10,13-14H2,1-4H3,(H,24,29,30)/t15-/m0/s1. The molecule has 0 saturated carbocycles. The number of ether oxygens (including phenoxy) is 1. The van der Waals surface area contributed by atoms with Crippen LogP contribution < -0.4 is 11.2 Å². The third-order valence-electron chi connectivity index (χ3n) is 5.39. The molecule has 1 fully saturated rings. The molecule has 1 atom stereocenters. The Bertz CT molecular complexity index is 1250. The van der Waals surface area contributed by atoms with Crippen LogP contribution in [0.15, 0.2) is 46.4 Å². The Morgan fingerprint density at radius 2 is 2.00 bits per heavy atom. The second kappa shape index (κ2) is 8.27. The van der Waals surface area contributed by atoms with Crippen LogP contribution in [0.3, 0.4) is 0 Å². The molecule has 1 amide bonds. The number of amides is 1. The molecule has 0 unspecified atom stereocenters. The van der Waals surface area contributed by atoms with E-state index < -0.39 is 16.9 Å². The van der Waals surface area contributed by atoms with Crippen molar-refractivity contribution in [2.75, 3.05) is 19.6 Å². The summed E-state index contributed by atoms with van der Waals surface area (Å²) < 4.78 is 8.59. The maximum Gasteiger partial charge on any atom is 0.410 e. The Balaban J connectivity index is 1.50. The molecule has 0 aliphatic carbocycles. The lowest BCUT2D eigenvalue weighted by Gasteiger charge is -2.40. The van der Waals surface area contributed by atoms with E-state index in [-0.39, 0.29) is 12.1 Å². The van der Waals surface area contributed by atoms with Gasteiger partial charge < -0.3 is 9.64 Å². The van der Waals surface area contributed by atoms with E-state index in [4.69, 9.17) is 4.74 Å². The molecule has 10 nitrogen and oxygen atoms in total. The van der Waals surface area contributed by atoms with Gasteiger partial charge in [0.1, 0.15) is 5.60 Å². The number of nitrogens with one attached hydrogen (secondary N) is 1. The smallest absolute Gasteiger partial charge is 0.410 e. The lowest BCUT2D eigenvalue weighted by molar-refractivity contribution is 0.000563. The lowest BCUT2D eigenvalue weighted by atomic mass is 10.1. The SMILES string of the molecule is C[C@H]1CN(Cc2ccn3ncc(-n4ccc(=O)[nH]c4=O)c3c2)CCN1C(=O)OC(C)(C)C. The van der Waals surface area contributed by atoms with E-state index in [9.17, 15) is 14.4 Å². The van der Waals surface area contributed by atoms with Gasteiger partial charge in [-0.3, -0.25) is 19.2 Å². The highest BCUT2D eigenvalue weighted by atomic mass is 16.6. The Kier molecular flexibility index (Phi) is 5.64. The van der Waals surface area contributed by atoms with Crippen LogP contribution in [-0.2, 0) is 11.3 Å². The number of piperazine rings is 1. The monoisotopic (exact) mass is 440 g/mol. The van der Waals surface area contributed by atoms with Crippen molar-refractivity contribution >= 4 is 11.6 Å². The van der Waals surface area contributed by atoms with Crippen molar-refractivity contribution in [2.24, 2.45) is 0 Å². The molecule has 0 bridgehead atoms. The third-order valence-corrected chi connectivity index (χ3v) is 5.39. The van der Waals surface area contributed by atoms with Crippen LogP contribution in [0.4, 0.5) is 4.79 Å². The number of pyridine rings is 1. The van der Waals surface area contributed by atoms with Crippen LogP contribution in [0, 0.1) is 0 Å². The van der Waals surface area contributed by atoms with Crippen LogP contribution >= 0.6 is 0 Å². The van der Waals surface area contributed by atoms with Crippen LogP contribution in [0.25, 0.3) is 11.2 Å². The molecule has 4 heterocycles. The second-order valence-corrected chi connectivity index (χ2v) is 9.13. The molecule has 0 radical (unpaired) electrons. The summed E-state index contributed by atoms with van der Waals surface area (Å²) in [6.45, 7) is 10.4. The van der Waals surface area contributed by atoms with Gasteiger partial charge >= 0.3 is 11.8 Å². The number of hydrogen-bond donors (Lipinski definition) is 1. The normalized spacial score (nSPS) is 17.6. The summed E-state index contributed by atoms with van der Waals surface area (Å²) in [6.07, 6.45) is 4.62. The number of carbonyl (C=O) groups is 1. The minimum Gasteiger partial charge on any atom is -0.444 e. The molecule has 10 heteroatoms. The topological polar surface area (TPSA) is 105 Å². The predicted octanol–water partition coefficient (Wildman–Crippen LogP) is 1.61. The lowest BCUT2D eigenvalue weighted by Crippen LogP contribution is -2.54. The van der Waals surface area contributed by atoms with Gasteiger partial charge in [-0.05, 0) is 45.4 Å². The van der Waals surface area contributed by atoms with Gasteiger partial charge in [-0.1, -0.05) is 0 Å². The molecule has 32 heavy (non-hydrogen) atoms. The van der Waals surface area contributed by atoms with Crippen LogP contribution in [0.2, 0.25) is 0 Å². The molecule has 3 aromatic heterocycles. The summed E-state index contributed by atoms with van der Waals surface area (Å²) in [5.74, 6) is 0. The van der Waals surface area contributed by atoms with Crippen molar-refractivity contribution in [1.29, 1.82) is 0 Å². The third kappa shape index (κ3) is 4.59. The van der Waals surface area contributed by atoms with Crippen molar-refractivity contribution in [3.63, 3.8) is 0 Å². The van der Waals surface area contributed by atoms with E-state index in [0.29, 0.717) is 18.8 Å². The van der Waals surface area contributed by atoms with Gasteiger partial charge in [-0.25, -0.2) is 14.1 Å². The number of H-pyrrole nitrogens is 1. The number of aromatic nitrogens is 4. The van der Waals surface area contributed by atoms with E-state index in [0.717, 1.165) is 24.2 Å².